The second-order valence-electron chi connectivity index (χ2n) is 2.45. The first-order valence-electron chi connectivity index (χ1n) is 3.57. The molecule has 2 aromatic rings. The highest BCUT2D eigenvalue weighted by molar-refractivity contribution is 7.17. The number of hydrogen-bond acceptors (Lipinski definition) is 2. The number of thiophene rings is 1. The molecule has 0 saturated heterocycles. The Balaban J connectivity index is 2.79. The normalized spacial score (nSPS) is 10.6. The Hall–Kier alpha value is -0.860. The van der Waals surface area contributed by atoms with E-state index >= 15 is 0 Å². The van der Waals surface area contributed by atoms with Crippen molar-refractivity contribution in [3.63, 3.8) is 0 Å². The standard InChI is InChI=1S/C9H9NS/c10-6-7-2-1-3-9-8(7)4-5-11-9/h1-5H,6,10H2. The van der Waals surface area contributed by atoms with Crippen molar-refractivity contribution in [3.05, 3.63) is 35.2 Å². The van der Waals surface area contributed by atoms with Gasteiger partial charge in [0, 0.05) is 11.2 Å². The third-order valence-corrected chi connectivity index (χ3v) is 2.69. The van der Waals surface area contributed by atoms with Gasteiger partial charge in [0.2, 0.25) is 0 Å². The first-order chi connectivity index (χ1) is 5.42. The van der Waals surface area contributed by atoms with E-state index < -0.39 is 0 Å². The van der Waals surface area contributed by atoms with Crippen LogP contribution in [0.2, 0.25) is 0 Å². The molecule has 0 bridgehead atoms. The minimum absolute atomic E-state index is 0.633. The van der Waals surface area contributed by atoms with Crippen molar-refractivity contribution in [2.75, 3.05) is 0 Å². The van der Waals surface area contributed by atoms with E-state index in [2.05, 4.69) is 29.6 Å². The predicted molar refractivity (Wildman–Crippen MR) is 49.7 cm³/mol. The van der Waals surface area contributed by atoms with Gasteiger partial charge in [0.1, 0.15) is 0 Å². The van der Waals surface area contributed by atoms with Crippen molar-refractivity contribution in [1.29, 1.82) is 0 Å². The number of nitrogens with two attached hydrogens (primary N) is 1. The molecule has 1 nitrogen and oxygen atoms in total. The molecule has 0 saturated carbocycles. The minimum atomic E-state index is 0.633. The van der Waals surface area contributed by atoms with Crippen LogP contribution in [0.3, 0.4) is 0 Å². The average molecular weight is 163 g/mol. The fourth-order valence-electron chi connectivity index (χ4n) is 1.23. The topological polar surface area (TPSA) is 26.0 Å². The van der Waals surface area contributed by atoms with E-state index in [4.69, 9.17) is 5.73 Å². The number of hydrogen-bond donors (Lipinski definition) is 1. The Morgan fingerprint density at radius 3 is 3.00 bits per heavy atom. The van der Waals surface area contributed by atoms with Gasteiger partial charge < -0.3 is 5.73 Å². The van der Waals surface area contributed by atoms with Gasteiger partial charge >= 0.3 is 0 Å². The third-order valence-electron chi connectivity index (χ3n) is 1.81. The Labute approximate surface area is 69.5 Å². The Bertz CT molecular complexity index is 364. The lowest BCUT2D eigenvalue weighted by atomic mass is 10.1. The molecule has 56 valence electrons. The molecule has 2 heteroatoms. The number of rotatable bonds is 1. The molecule has 0 aliphatic carbocycles. The molecule has 1 aromatic carbocycles. The smallest absolute Gasteiger partial charge is 0.0345 e. The summed E-state index contributed by atoms with van der Waals surface area (Å²) in [6, 6.07) is 8.39. The third kappa shape index (κ3) is 1.04. The van der Waals surface area contributed by atoms with Gasteiger partial charge in [-0.1, -0.05) is 12.1 Å². The first kappa shape index (κ1) is 6.83. The molecule has 11 heavy (non-hydrogen) atoms. The molecule has 0 aliphatic rings. The lowest BCUT2D eigenvalue weighted by Crippen LogP contribution is -1.95. The van der Waals surface area contributed by atoms with Crippen LogP contribution < -0.4 is 5.73 Å². The van der Waals surface area contributed by atoms with Crippen LogP contribution in [-0.4, -0.2) is 0 Å². The van der Waals surface area contributed by atoms with E-state index in [0.717, 1.165) is 0 Å². The van der Waals surface area contributed by atoms with E-state index in [0.29, 0.717) is 6.54 Å². The zero-order valence-electron chi connectivity index (χ0n) is 6.08. The van der Waals surface area contributed by atoms with Gasteiger partial charge in [-0.25, -0.2) is 0 Å². The molecule has 0 radical (unpaired) electrons. The SMILES string of the molecule is NCc1cccc2sccc12. The lowest BCUT2D eigenvalue weighted by Gasteiger charge is -1.96. The first-order valence-corrected chi connectivity index (χ1v) is 4.45. The van der Waals surface area contributed by atoms with Gasteiger partial charge in [-0.3, -0.25) is 0 Å². The van der Waals surface area contributed by atoms with E-state index in [9.17, 15) is 0 Å². The van der Waals surface area contributed by atoms with E-state index in [1.54, 1.807) is 11.3 Å². The summed E-state index contributed by atoms with van der Waals surface area (Å²) in [5, 5.41) is 3.41. The molecular formula is C9H9NS. The van der Waals surface area contributed by atoms with Gasteiger partial charge in [0.25, 0.3) is 0 Å². The van der Waals surface area contributed by atoms with Crippen molar-refractivity contribution < 1.29 is 0 Å². The number of fused-ring (bicyclic) bond motifs is 1. The summed E-state index contributed by atoms with van der Waals surface area (Å²) in [6.07, 6.45) is 0. The monoisotopic (exact) mass is 163 g/mol. The summed E-state index contributed by atoms with van der Waals surface area (Å²) < 4.78 is 1.33. The summed E-state index contributed by atoms with van der Waals surface area (Å²) in [5.41, 5.74) is 6.82. The molecule has 0 unspecified atom stereocenters. The van der Waals surface area contributed by atoms with Crippen LogP contribution in [0.15, 0.2) is 29.6 Å². The molecule has 0 aliphatic heterocycles. The fraction of sp³-hybridized carbons (Fsp3) is 0.111. The Morgan fingerprint density at radius 1 is 1.27 bits per heavy atom. The lowest BCUT2D eigenvalue weighted by molar-refractivity contribution is 1.09. The molecular weight excluding hydrogens is 154 g/mol. The van der Waals surface area contributed by atoms with Crippen LogP contribution in [-0.2, 0) is 6.54 Å². The molecule has 0 atom stereocenters. The maximum atomic E-state index is 5.58. The molecule has 0 spiro atoms. The van der Waals surface area contributed by atoms with Gasteiger partial charge in [0.15, 0.2) is 0 Å². The second-order valence-corrected chi connectivity index (χ2v) is 3.40. The van der Waals surface area contributed by atoms with Crippen LogP contribution in [0, 0.1) is 0 Å². The molecule has 2 rings (SSSR count). The maximum absolute atomic E-state index is 5.58. The largest absolute Gasteiger partial charge is 0.326 e. The predicted octanol–water partition coefficient (Wildman–Crippen LogP) is 2.36. The van der Waals surface area contributed by atoms with Crippen molar-refractivity contribution in [1.82, 2.24) is 0 Å². The summed E-state index contributed by atoms with van der Waals surface area (Å²) in [7, 11) is 0. The maximum Gasteiger partial charge on any atom is 0.0345 e. The molecule has 0 amide bonds. The quantitative estimate of drug-likeness (QED) is 0.686. The fourth-order valence-corrected chi connectivity index (χ4v) is 2.07. The van der Waals surface area contributed by atoms with E-state index in [-0.39, 0.29) is 0 Å². The highest BCUT2D eigenvalue weighted by Gasteiger charge is 1.97. The second kappa shape index (κ2) is 2.64. The summed E-state index contributed by atoms with van der Waals surface area (Å²) in [4.78, 5) is 0. The van der Waals surface area contributed by atoms with Crippen LogP contribution in [0.1, 0.15) is 5.56 Å². The van der Waals surface area contributed by atoms with Crippen molar-refractivity contribution >= 4 is 21.4 Å². The van der Waals surface area contributed by atoms with Gasteiger partial charge in [0.05, 0.1) is 0 Å². The van der Waals surface area contributed by atoms with Gasteiger partial charge in [-0.15, -0.1) is 11.3 Å². The summed E-state index contributed by atoms with van der Waals surface area (Å²) in [6.45, 7) is 0.633. The summed E-state index contributed by atoms with van der Waals surface area (Å²) >= 11 is 1.76. The molecule has 0 fully saturated rings. The van der Waals surface area contributed by atoms with Crippen LogP contribution >= 0.6 is 11.3 Å². The van der Waals surface area contributed by atoms with Crippen LogP contribution in [0.5, 0.6) is 0 Å². The minimum Gasteiger partial charge on any atom is -0.326 e. The molecule has 1 aromatic heterocycles. The van der Waals surface area contributed by atoms with Crippen molar-refractivity contribution in [2.24, 2.45) is 5.73 Å². The molecule has 2 N–H and O–H groups in total. The van der Waals surface area contributed by atoms with Crippen LogP contribution in [0.4, 0.5) is 0 Å². The zero-order chi connectivity index (χ0) is 7.68. The highest BCUT2D eigenvalue weighted by atomic mass is 32.1. The zero-order valence-corrected chi connectivity index (χ0v) is 6.90. The Kier molecular flexibility index (Phi) is 1.64. The van der Waals surface area contributed by atoms with Crippen molar-refractivity contribution in [2.45, 2.75) is 6.54 Å². The van der Waals surface area contributed by atoms with Gasteiger partial charge in [-0.05, 0) is 28.5 Å². The number of benzene rings is 1. The van der Waals surface area contributed by atoms with Gasteiger partial charge in [-0.2, -0.15) is 0 Å². The van der Waals surface area contributed by atoms with Crippen LogP contribution in [0.25, 0.3) is 10.1 Å². The Morgan fingerprint density at radius 2 is 2.18 bits per heavy atom. The van der Waals surface area contributed by atoms with E-state index in [1.165, 1.54) is 15.6 Å². The van der Waals surface area contributed by atoms with Crippen molar-refractivity contribution in [3.8, 4) is 0 Å². The summed E-state index contributed by atoms with van der Waals surface area (Å²) in [5.74, 6) is 0. The molecule has 1 heterocycles. The van der Waals surface area contributed by atoms with E-state index in [1.807, 2.05) is 0 Å². The average Bonchev–Trinajstić information content (AvgIpc) is 2.50. The highest BCUT2D eigenvalue weighted by Crippen LogP contribution is 2.23.